The molecule has 0 spiro atoms. The van der Waals surface area contributed by atoms with E-state index in [4.69, 9.17) is 0 Å². The van der Waals surface area contributed by atoms with E-state index in [1.807, 2.05) is 11.3 Å². The Kier molecular flexibility index (Phi) is 5.36. The van der Waals surface area contributed by atoms with Crippen molar-refractivity contribution in [3.63, 3.8) is 0 Å². The van der Waals surface area contributed by atoms with Crippen molar-refractivity contribution < 1.29 is 5.11 Å². The van der Waals surface area contributed by atoms with Crippen LogP contribution in [0.15, 0.2) is 17.5 Å². The van der Waals surface area contributed by atoms with Gasteiger partial charge in [-0.1, -0.05) is 38.2 Å². The molecule has 4 atom stereocenters. The van der Waals surface area contributed by atoms with Gasteiger partial charge in [0.1, 0.15) is 0 Å². The third-order valence-corrected chi connectivity index (χ3v) is 6.38. The number of thiophene rings is 1. The van der Waals surface area contributed by atoms with Crippen LogP contribution in [0.25, 0.3) is 0 Å². The summed E-state index contributed by atoms with van der Waals surface area (Å²) in [6.07, 6.45) is 8.05. The highest BCUT2D eigenvalue weighted by Gasteiger charge is 2.35. The molecule has 3 unspecified atom stereocenters. The molecule has 2 fully saturated rings. The first-order valence-electron chi connectivity index (χ1n) is 8.70. The van der Waals surface area contributed by atoms with Gasteiger partial charge in [0.2, 0.25) is 0 Å². The van der Waals surface area contributed by atoms with Crippen LogP contribution in [0.4, 0.5) is 0 Å². The first kappa shape index (κ1) is 15.5. The zero-order valence-electron chi connectivity index (χ0n) is 13.2. The zero-order valence-corrected chi connectivity index (χ0v) is 14.0. The van der Waals surface area contributed by atoms with Crippen molar-refractivity contribution in [1.82, 2.24) is 4.90 Å². The molecule has 3 rings (SSSR count). The van der Waals surface area contributed by atoms with E-state index in [2.05, 4.69) is 29.3 Å². The fourth-order valence-corrected chi connectivity index (χ4v) is 5.22. The second-order valence-electron chi connectivity index (χ2n) is 6.91. The molecule has 0 radical (unpaired) electrons. The Bertz CT molecular complexity index is 419. The normalized spacial score (nSPS) is 33.1. The van der Waals surface area contributed by atoms with Crippen LogP contribution in [0.3, 0.4) is 0 Å². The van der Waals surface area contributed by atoms with Crippen LogP contribution < -0.4 is 5.11 Å². The van der Waals surface area contributed by atoms with Gasteiger partial charge in [-0.15, -0.1) is 17.4 Å². The minimum Gasteiger partial charge on any atom is -0.852 e. The molecular weight excluding hydrogens is 278 g/mol. The fourth-order valence-electron chi connectivity index (χ4n) is 4.49. The lowest BCUT2D eigenvalue weighted by molar-refractivity contribution is -0.443. The van der Waals surface area contributed by atoms with Crippen LogP contribution >= 0.6 is 11.3 Å². The van der Waals surface area contributed by atoms with E-state index in [1.54, 1.807) is 0 Å². The highest BCUT2D eigenvalue weighted by Crippen LogP contribution is 2.41. The summed E-state index contributed by atoms with van der Waals surface area (Å²) in [5, 5.41) is 14.3. The lowest BCUT2D eigenvalue weighted by Gasteiger charge is -2.49. The highest BCUT2D eigenvalue weighted by molar-refractivity contribution is 7.09. The summed E-state index contributed by atoms with van der Waals surface area (Å²) in [6.45, 7) is 4.58. The molecule has 2 aliphatic rings. The average molecular weight is 306 g/mol. The fraction of sp³-hybridized carbons (Fsp3) is 0.778. The minimum absolute atomic E-state index is 0.262. The molecule has 21 heavy (non-hydrogen) atoms. The Morgan fingerprint density at radius 1 is 1.29 bits per heavy atom. The molecule has 0 aliphatic heterocycles. The second-order valence-corrected chi connectivity index (χ2v) is 7.94. The Morgan fingerprint density at radius 3 is 2.95 bits per heavy atom. The van der Waals surface area contributed by atoms with Crippen LogP contribution in [-0.4, -0.2) is 23.6 Å². The van der Waals surface area contributed by atoms with Gasteiger partial charge >= 0.3 is 0 Å². The van der Waals surface area contributed by atoms with Crippen molar-refractivity contribution >= 4 is 11.3 Å². The van der Waals surface area contributed by atoms with Gasteiger partial charge in [0, 0.05) is 17.5 Å². The molecule has 2 nitrogen and oxygen atoms in total. The molecule has 0 aromatic carbocycles. The van der Waals surface area contributed by atoms with Crippen molar-refractivity contribution in [3.05, 3.63) is 22.4 Å². The number of rotatable bonds is 5. The van der Waals surface area contributed by atoms with Gasteiger partial charge < -0.3 is 5.11 Å². The molecule has 3 heteroatoms. The maximum absolute atomic E-state index is 12.2. The third kappa shape index (κ3) is 3.69. The van der Waals surface area contributed by atoms with Crippen LogP contribution in [0, 0.1) is 11.8 Å². The molecule has 0 N–H and O–H groups in total. The predicted molar refractivity (Wildman–Crippen MR) is 87.3 cm³/mol. The number of nitrogens with zero attached hydrogens (tertiary/aromatic N) is 1. The minimum atomic E-state index is -0.262. The first-order valence-corrected chi connectivity index (χ1v) is 9.58. The van der Waals surface area contributed by atoms with Crippen molar-refractivity contribution in [2.75, 3.05) is 6.54 Å². The molecule has 0 amide bonds. The summed E-state index contributed by atoms with van der Waals surface area (Å²) < 4.78 is 0. The molecule has 118 valence electrons. The number of hydrogen-bond donors (Lipinski definition) is 0. The Balaban J connectivity index is 1.63. The van der Waals surface area contributed by atoms with Crippen molar-refractivity contribution in [3.8, 4) is 0 Å². The zero-order chi connectivity index (χ0) is 14.7. The lowest BCUT2D eigenvalue weighted by Crippen LogP contribution is -2.48. The summed E-state index contributed by atoms with van der Waals surface area (Å²) in [5.74, 6) is 1.20. The van der Waals surface area contributed by atoms with Crippen LogP contribution in [0.2, 0.25) is 0 Å². The SMILES string of the molecule is CCCN(Cc1cccs1)[C@H]1CCC2C([O-])CCCC2C1. The molecule has 2 saturated carbocycles. The number of hydrogen-bond acceptors (Lipinski definition) is 3. The lowest BCUT2D eigenvalue weighted by atomic mass is 9.68. The summed E-state index contributed by atoms with van der Waals surface area (Å²) in [4.78, 5) is 4.17. The van der Waals surface area contributed by atoms with Gasteiger partial charge in [-0.05, 0) is 49.6 Å². The third-order valence-electron chi connectivity index (χ3n) is 5.52. The smallest absolute Gasteiger partial charge is 0.0330 e. The summed E-state index contributed by atoms with van der Waals surface area (Å²) >= 11 is 1.87. The van der Waals surface area contributed by atoms with E-state index in [9.17, 15) is 5.11 Å². The standard InChI is InChI=1S/C18H28NOS/c1-2-10-19(13-16-6-4-11-21-16)15-8-9-17-14(12-15)5-3-7-18(17)20/h4,6,11,14-15,17-18H,2-3,5,7-10,12-13H2,1H3/q-1/t14?,15-,17?,18?/m0/s1. The molecule has 0 saturated heterocycles. The highest BCUT2D eigenvalue weighted by atomic mass is 32.1. The average Bonchev–Trinajstić information content (AvgIpc) is 3.00. The Labute approximate surface area is 133 Å². The molecule has 1 aromatic heterocycles. The van der Waals surface area contributed by atoms with Gasteiger partial charge in [-0.2, -0.15) is 0 Å². The van der Waals surface area contributed by atoms with E-state index in [-0.39, 0.29) is 6.10 Å². The van der Waals surface area contributed by atoms with Crippen molar-refractivity contribution in [2.24, 2.45) is 11.8 Å². The molecular formula is C18H28NOS-. The van der Waals surface area contributed by atoms with Crippen LogP contribution in [0.1, 0.15) is 56.7 Å². The molecule has 2 aliphatic carbocycles. The second kappa shape index (κ2) is 7.26. The monoisotopic (exact) mass is 306 g/mol. The topological polar surface area (TPSA) is 26.3 Å². The van der Waals surface area contributed by atoms with Gasteiger partial charge in [0.05, 0.1) is 0 Å². The van der Waals surface area contributed by atoms with E-state index in [0.717, 1.165) is 13.0 Å². The maximum atomic E-state index is 12.2. The predicted octanol–water partition coefficient (Wildman–Crippen LogP) is 3.66. The molecule has 0 bridgehead atoms. The van der Waals surface area contributed by atoms with Gasteiger partial charge in [-0.3, -0.25) is 4.90 Å². The van der Waals surface area contributed by atoms with Crippen LogP contribution in [0.5, 0.6) is 0 Å². The Morgan fingerprint density at radius 2 is 2.19 bits per heavy atom. The molecule has 1 aromatic rings. The Hall–Kier alpha value is -0.380. The van der Waals surface area contributed by atoms with Crippen molar-refractivity contribution in [1.29, 1.82) is 0 Å². The van der Waals surface area contributed by atoms with E-state index < -0.39 is 0 Å². The summed E-state index contributed by atoms with van der Waals surface area (Å²) in [7, 11) is 0. The first-order chi connectivity index (χ1) is 10.3. The number of fused-ring (bicyclic) bond motifs is 1. The van der Waals surface area contributed by atoms with E-state index in [1.165, 1.54) is 49.9 Å². The summed E-state index contributed by atoms with van der Waals surface area (Å²) in [5.41, 5.74) is 0. The quantitative estimate of drug-likeness (QED) is 0.830. The maximum Gasteiger partial charge on any atom is 0.0330 e. The van der Waals surface area contributed by atoms with Crippen molar-refractivity contribution in [2.45, 2.75) is 70.6 Å². The molecule has 1 heterocycles. The summed E-state index contributed by atoms with van der Waals surface area (Å²) in [6, 6.07) is 5.12. The van der Waals surface area contributed by atoms with Crippen LogP contribution in [-0.2, 0) is 6.54 Å². The van der Waals surface area contributed by atoms with Gasteiger partial charge in [-0.25, -0.2) is 0 Å². The van der Waals surface area contributed by atoms with Gasteiger partial charge in [0.25, 0.3) is 0 Å². The largest absolute Gasteiger partial charge is 0.852 e. The van der Waals surface area contributed by atoms with E-state index in [0.29, 0.717) is 17.9 Å². The van der Waals surface area contributed by atoms with Gasteiger partial charge in [0.15, 0.2) is 0 Å². The van der Waals surface area contributed by atoms with E-state index >= 15 is 0 Å².